The highest BCUT2D eigenvalue weighted by atomic mass is 16.5. The van der Waals surface area contributed by atoms with Crippen LogP contribution in [0.1, 0.15) is 69.6 Å². The van der Waals surface area contributed by atoms with Crippen molar-refractivity contribution in [2.45, 2.75) is 59.4 Å². The van der Waals surface area contributed by atoms with E-state index in [1.54, 1.807) is 0 Å². The Morgan fingerprint density at radius 2 is 1.92 bits per heavy atom. The zero-order valence-corrected chi connectivity index (χ0v) is 15.7. The fraction of sp³-hybridized carbons (Fsp3) is 0.647. The lowest BCUT2D eigenvalue weighted by molar-refractivity contribution is 0.371. The number of aromatic nitrogens is 3. The maximum absolute atomic E-state index is 5.31. The largest absolute Gasteiger partial charge is 0.359 e. The van der Waals surface area contributed by atoms with Gasteiger partial charge in [-0.15, -0.1) is 0 Å². The van der Waals surface area contributed by atoms with Crippen molar-refractivity contribution in [2.24, 2.45) is 4.99 Å². The standard InChI is InChI=1S/C17H28N6O2/c1-6-18-17(20-10-13-9-14(11(2)3)22-24-13)19-8-7-15-21-16(12(4)5)23-25-15/h9,11-12H,6-8,10H2,1-5H3,(H2,18,19,20). The lowest BCUT2D eigenvalue weighted by Crippen LogP contribution is -2.38. The van der Waals surface area contributed by atoms with Gasteiger partial charge in [-0.1, -0.05) is 38.0 Å². The number of rotatable bonds is 8. The number of nitrogens with one attached hydrogen (secondary N) is 2. The molecule has 2 aromatic rings. The van der Waals surface area contributed by atoms with Crippen LogP contribution in [0.15, 0.2) is 20.1 Å². The van der Waals surface area contributed by atoms with Gasteiger partial charge in [-0.05, 0) is 12.8 Å². The zero-order valence-electron chi connectivity index (χ0n) is 15.7. The molecule has 0 aliphatic carbocycles. The molecule has 2 rings (SSSR count). The normalized spacial score (nSPS) is 12.2. The second kappa shape index (κ2) is 9.19. The van der Waals surface area contributed by atoms with E-state index in [-0.39, 0.29) is 5.92 Å². The first-order valence-electron chi connectivity index (χ1n) is 8.79. The van der Waals surface area contributed by atoms with Gasteiger partial charge in [-0.3, -0.25) is 0 Å². The molecule has 2 aromatic heterocycles. The molecule has 138 valence electrons. The van der Waals surface area contributed by atoms with Crippen molar-refractivity contribution >= 4 is 5.96 Å². The zero-order chi connectivity index (χ0) is 18.2. The van der Waals surface area contributed by atoms with Crippen LogP contribution in [0, 0.1) is 0 Å². The number of aliphatic imine (C=N–C) groups is 1. The van der Waals surface area contributed by atoms with Crippen LogP contribution in [0.2, 0.25) is 0 Å². The molecule has 0 saturated heterocycles. The molecule has 0 aliphatic rings. The van der Waals surface area contributed by atoms with E-state index in [0.717, 1.165) is 23.8 Å². The Bertz CT molecular complexity index is 674. The van der Waals surface area contributed by atoms with Crippen molar-refractivity contribution < 1.29 is 9.05 Å². The first-order valence-corrected chi connectivity index (χ1v) is 8.79. The molecule has 8 nitrogen and oxygen atoms in total. The average molecular weight is 348 g/mol. The molecule has 2 heterocycles. The summed E-state index contributed by atoms with van der Waals surface area (Å²) in [7, 11) is 0. The predicted molar refractivity (Wildman–Crippen MR) is 95.5 cm³/mol. The topological polar surface area (TPSA) is 101 Å². The van der Waals surface area contributed by atoms with Gasteiger partial charge in [0.15, 0.2) is 17.5 Å². The minimum absolute atomic E-state index is 0.266. The van der Waals surface area contributed by atoms with Crippen LogP contribution in [0.3, 0.4) is 0 Å². The van der Waals surface area contributed by atoms with Gasteiger partial charge in [0.05, 0.1) is 5.69 Å². The first-order chi connectivity index (χ1) is 12.0. The second-order valence-electron chi connectivity index (χ2n) is 6.45. The fourth-order valence-electron chi connectivity index (χ4n) is 2.07. The molecule has 0 atom stereocenters. The number of hydrogen-bond donors (Lipinski definition) is 2. The molecule has 0 aromatic carbocycles. The molecule has 0 radical (unpaired) electrons. The third-order valence-corrected chi connectivity index (χ3v) is 3.54. The summed E-state index contributed by atoms with van der Waals surface area (Å²) in [5.74, 6) is 3.44. The van der Waals surface area contributed by atoms with Crippen molar-refractivity contribution in [1.29, 1.82) is 0 Å². The van der Waals surface area contributed by atoms with Crippen molar-refractivity contribution in [2.75, 3.05) is 13.1 Å². The van der Waals surface area contributed by atoms with E-state index in [1.807, 2.05) is 26.8 Å². The fourth-order valence-corrected chi connectivity index (χ4v) is 2.07. The van der Waals surface area contributed by atoms with Gasteiger partial charge in [0, 0.05) is 31.5 Å². The lowest BCUT2D eigenvalue weighted by atomic mass is 10.1. The molecule has 8 heteroatoms. The highest BCUT2D eigenvalue weighted by Crippen LogP contribution is 2.14. The van der Waals surface area contributed by atoms with Gasteiger partial charge in [-0.25, -0.2) is 4.99 Å². The third-order valence-electron chi connectivity index (χ3n) is 3.54. The van der Waals surface area contributed by atoms with Crippen LogP contribution in [0.25, 0.3) is 0 Å². The van der Waals surface area contributed by atoms with E-state index in [9.17, 15) is 0 Å². The summed E-state index contributed by atoms with van der Waals surface area (Å²) in [5.41, 5.74) is 0.945. The van der Waals surface area contributed by atoms with Crippen molar-refractivity contribution in [1.82, 2.24) is 25.9 Å². The van der Waals surface area contributed by atoms with E-state index in [4.69, 9.17) is 9.05 Å². The van der Waals surface area contributed by atoms with Crippen molar-refractivity contribution in [3.8, 4) is 0 Å². The number of guanidine groups is 1. The Balaban J connectivity index is 1.86. The lowest BCUT2D eigenvalue weighted by Gasteiger charge is -2.09. The minimum atomic E-state index is 0.266. The Hall–Kier alpha value is -2.38. The Labute approximate surface area is 148 Å². The summed E-state index contributed by atoms with van der Waals surface area (Å²) in [6.45, 7) is 12.1. The van der Waals surface area contributed by atoms with Gasteiger partial charge in [0.1, 0.15) is 6.54 Å². The smallest absolute Gasteiger partial charge is 0.228 e. The van der Waals surface area contributed by atoms with Gasteiger partial charge in [0.2, 0.25) is 5.89 Å². The Morgan fingerprint density at radius 1 is 1.12 bits per heavy atom. The molecule has 0 unspecified atom stereocenters. The summed E-state index contributed by atoms with van der Waals surface area (Å²) in [4.78, 5) is 8.88. The maximum Gasteiger partial charge on any atom is 0.228 e. The van der Waals surface area contributed by atoms with Gasteiger partial charge in [-0.2, -0.15) is 4.98 Å². The van der Waals surface area contributed by atoms with E-state index in [1.165, 1.54) is 0 Å². The minimum Gasteiger partial charge on any atom is -0.359 e. The van der Waals surface area contributed by atoms with Crippen molar-refractivity contribution in [3.63, 3.8) is 0 Å². The van der Waals surface area contributed by atoms with Crippen LogP contribution in [0.4, 0.5) is 0 Å². The quantitative estimate of drug-likeness (QED) is 0.558. The van der Waals surface area contributed by atoms with Crippen LogP contribution in [0.5, 0.6) is 0 Å². The molecule has 0 saturated carbocycles. The van der Waals surface area contributed by atoms with Gasteiger partial charge >= 0.3 is 0 Å². The maximum atomic E-state index is 5.31. The summed E-state index contributed by atoms with van der Waals surface area (Å²) in [6, 6.07) is 1.95. The first kappa shape index (κ1) is 19.0. The molecule has 2 N–H and O–H groups in total. The van der Waals surface area contributed by atoms with Crippen LogP contribution in [-0.2, 0) is 13.0 Å². The highest BCUT2D eigenvalue weighted by Gasteiger charge is 2.10. The summed E-state index contributed by atoms with van der Waals surface area (Å²) >= 11 is 0. The molecule has 0 aliphatic heterocycles. The molecule has 25 heavy (non-hydrogen) atoms. The SMILES string of the molecule is CCNC(=NCc1cc(C(C)C)no1)NCCc1nc(C(C)C)no1. The van der Waals surface area contributed by atoms with Gasteiger partial charge < -0.3 is 19.7 Å². The van der Waals surface area contributed by atoms with E-state index >= 15 is 0 Å². The summed E-state index contributed by atoms with van der Waals surface area (Å²) in [5, 5.41) is 14.5. The molecular weight excluding hydrogens is 320 g/mol. The number of hydrogen-bond acceptors (Lipinski definition) is 6. The Kier molecular flexibility index (Phi) is 6.97. The van der Waals surface area contributed by atoms with E-state index < -0.39 is 0 Å². The van der Waals surface area contributed by atoms with Crippen molar-refractivity contribution in [3.05, 3.63) is 29.2 Å². The molecule has 0 bridgehead atoms. The Morgan fingerprint density at radius 3 is 2.52 bits per heavy atom. The third kappa shape index (κ3) is 5.88. The molecule has 0 fully saturated rings. The predicted octanol–water partition coefficient (Wildman–Crippen LogP) is 2.60. The summed E-state index contributed by atoms with van der Waals surface area (Å²) in [6.07, 6.45) is 0.643. The molecular formula is C17H28N6O2. The van der Waals surface area contributed by atoms with E-state index in [0.29, 0.717) is 37.3 Å². The van der Waals surface area contributed by atoms with Gasteiger partial charge in [0.25, 0.3) is 0 Å². The number of nitrogens with zero attached hydrogens (tertiary/aromatic N) is 4. The highest BCUT2D eigenvalue weighted by molar-refractivity contribution is 5.79. The average Bonchev–Trinajstić information content (AvgIpc) is 3.22. The van der Waals surface area contributed by atoms with Crippen LogP contribution < -0.4 is 10.6 Å². The molecule has 0 spiro atoms. The second-order valence-corrected chi connectivity index (χ2v) is 6.45. The molecule has 0 amide bonds. The van der Waals surface area contributed by atoms with Crippen LogP contribution in [-0.4, -0.2) is 34.3 Å². The van der Waals surface area contributed by atoms with E-state index in [2.05, 4.69) is 44.8 Å². The summed E-state index contributed by atoms with van der Waals surface area (Å²) < 4.78 is 10.5. The van der Waals surface area contributed by atoms with Crippen LogP contribution >= 0.6 is 0 Å². The monoisotopic (exact) mass is 348 g/mol.